The lowest BCUT2D eigenvalue weighted by Gasteiger charge is -2.12. The molecule has 2 aromatic carbocycles. The van der Waals surface area contributed by atoms with Crippen molar-refractivity contribution in [3.8, 4) is 17.2 Å². The Morgan fingerprint density at radius 3 is 2.57 bits per heavy atom. The Morgan fingerprint density at radius 2 is 1.93 bits per heavy atom. The predicted octanol–water partition coefficient (Wildman–Crippen LogP) is 4.22. The van der Waals surface area contributed by atoms with Crippen LogP contribution < -0.4 is 4.74 Å². The smallest absolute Gasteiger partial charge is 0.342 e. The standard InChI is InChI=1S/C18H14ClN3O6/c1-10(27-18(23)14-9-12(19)5-8-15(14)26-2)16-20-21-17(28-16)11-3-6-13(7-4-11)22(24)25/h3-10H,1-2H3/t10-/m1/s1. The number of non-ortho nitro benzene ring substituents is 1. The number of hydrogen-bond acceptors (Lipinski definition) is 8. The van der Waals surface area contributed by atoms with Crippen molar-refractivity contribution in [2.24, 2.45) is 0 Å². The van der Waals surface area contributed by atoms with Crippen LogP contribution >= 0.6 is 11.6 Å². The van der Waals surface area contributed by atoms with Crippen LogP contribution in [0.1, 0.15) is 29.3 Å². The fourth-order valence-corrected chi connectivity index (χ4v) is 2.53. The lowest BCUT2D eigenvalue weighted by Crippen LogP contribution is -2.11. The van der Waals surface area contributed by atoms with Gasteiger partial charge in [0.05, 0.1) is 12.0 Å². The summed E-state index contributed by atoms with van der Waals surface area (Å²) < 4.78 is 16.0. The zero-order chi connectivity index (χ0) is 20.3. The number of carbonyl (C=O) groups excluding carboxylic acids is 1. The molecule has 0 saturated carbocycles. The summed E-state index contributed by atoms with van der Waals surface area (Å²) in [7, 11) is 1.43. The first kappa shape index (κ1) is 19.3. The number of nitrogens with zero attached hydrogens (tertiary/aromatic N) is 3. The van der Waals surface area contributed by atoms with Gasteiger partial charge in [0.25, 0.3) is 11.6 Å². The number of aromatic nitrogens is 2. The number of rotatable bonds is 6. The molecule has 28 heavy (non-hydrogen) atoms. The summed E-state index contributed by atoms with van der Waals surface area (Å²) in [6.45, 7) is 1.57. The maximum atomic E-state index is 12.4. The van der Waals surface area contributed by atoms with Gasteiger partial charge in [-0.3, -0.25) is 10.1 Å². The van der Waals surface area contributed by atoms with E-state index in [0.717, 1.165) is 0 Å². The summed E-state index contributed by atoms with van der Waals surface area (Å²) in [5.74, 6) is -0.128. The van der Waals surface area contributed by atoms with E-state index in [1.807, 2.05) is 0 Å². The number of halogens is 1. The van der Waals surface area contributed by atoms with Crippen LogP contribution in [0.15, 0.2) is 46.9 Å². The number of benzene rings is 2. The third kappa shape index (κ3) is 4.09. The molecule has 0 aliphatic carbocycles. The van der Waals surface area contributed by atoms with Crippen LogP contribution in [0.5, 0.6) is 5.75 Å². The summed E-state index contributed by atoms with van der Waals surface area (Å²) in [5.41, 5.74) is 0.609. The molecule has 0 bridgehead atoms. The SMILES string of the molecule is COc1ccc(Cl)cc1C(=O)O[C@H](C)c1nnc(-c2ccc([N+](=O)[O-])cc2)o1. The minimum absolute atomic E-state index is 0.0544. The van der Waals surface area contributed by atoms with Gasteiger partial charge in [0.15, 0.2) is 6.10 Å². The topological polar surface area (TPSA) is 118 Å². The van der Waals surface area contributed by atoms with Crippen molar-refractivity contribution in [2.75, 3.05) is 7.11 Å². The van der Waals surface area contributed by atoms with Crippen LogP contribution in [0, 0.1) is 10.1 Å². The third-order valence-electron chi connectivity index (χ3n) is 3.78. The first-order valence-electron chi connectivity index (χ1n) is 8.01. The predicted molar refractivity (Wildman–Crippen MR) is 98.2 cm³/mol. The second kappa shape index (κ2) is 8.05. The molecule has 10 heteroatoms. The molecule has 1 aromatic heterocycles. The number of ether oxygens (including phenoxy) is 2. The highest BCUT2D eigenvalue weighted by Gasteiger charge is 2.22. The number of methoxy groups -OCH3 is 1. The fourth-order valence-electron chi connectivity index (χ4n) is 2.36. The van der Waals surface area contributed by atoms with Gasteiger partial charge in [0.1, 0.15) is 11.3 Å². The third-order valence-corrected chi connectivity index (χ3v) is 4.01. The molecular weight excluding hydrogens is 390 g/mol. The van der Waals surface area contributed by atoms with Crippen molar-refractivity contribution in [3.05, 3.63) is 69.1 Å². The summed E-state index contributed by atoms with van der Waals surface area (Å²) >= 11 is 5.93. The maximum Gasteiger partial charge on any atom is 0.342 e. The van der Waals surface area contributed by atoms with Gasteiger partial charge in [-0.2, -0.15) is 0 Å². The van der Waals surface area contributed by atoms with E-state index in [-0.39, 0.29) is 23.0 Å². The number of carbonyl (C=O) groups is 1. The second-order valence-corrected chi connectivity index (χ2v) is 6.08. The van der Waals surface area contributed by atoms with Gasteiger partial charge >= 0.3 is 5.97 Å². The number of hydrogen-bond donors (Lipinski definition) is 0. The Balaban J connectivity index is 1.75. The zero-order valence-corrected chi connectivity index (χ0v) is 15.5. The average molecular weight is 404 g/mol. The van der Waals surface area contributed by atoms with E-state index in [1.54, 1.807) is 19.1 Å². The second-order valence-electron chi connectivity index (χ2n) is 5.64. The van der Waals surface area contributed by atoms with E-state index in [2.05, 4.69) is 10.2 Å². The molecule has 0 aliphatic heterocycles. The summed E-state index contributed by atoms with van der Waals surface area (Å²) in [6.07, 6.45) is -0.838. The fraction of sp³-hybridized carbons (Fsp3) is 0.167. The van der Waals surface area contributed by atoms with Crippen LogP contribution in [-0.2, 0) is 4.74 Å². The molecule has 0 spiro atoms. The highest BCUT2D eigenvalue weighted by atomic mass is 35.5. The van der Waals surface area contributed by atoms with Crippen LogP contribution in [0.25, 0.3) is 11.5 Å². The summed E-state index contributed by atoms with van der Waals surface area (Å²) in [5, 5.41) is 18.8. The van der Waals surface area contributed by atoms with Gasteiger partial charge in [-0.05, 0) is 37.3 Å². The van der Waals surface area contributed by atoms with Crippen molar-refractivity contribution in [1.82, 2.24) is 10.2 Å². The Labute approximate surface area is 164 Å². The van der Waals surface area contributed by atoms with Crippen molar-refractivity contribution < 1.29 is 23.6 Å². The van der Waals surface area contributed by atoms with Gasteiger partial charge < -0.3 is 13.9 Å². The highest BCUT2D eigenvalue weighted by Crippen LogP contribution is 2.27. The Hall–Kier alpha value is -3.46. The van der Waals surface area contributed by atoms with Crippen LogP contribution in [-0.4, -0.2) is 28.2 Å². The lowest BCUT2D eigenvalue weighted by atomic mass is 10.2. The van der Waals surface area contributed by atoms with Gasteiger partial charge in [-0.25, -0.2) is 4.79 Å². The number of nitro benzene ring substituents is 1. The van der Waals surface area contributed by atoms with Crippen LogP contribution in [0.3, 0.4) is 0 Å². The zero-order valence-electron chi connectivity index (χ0n) is 14.8. The molecule has 0 fully saturated rings. The highest BCUT2D eigenvalue weighted by molar-refractivity contribution is 6.31. The Bertz CT molecular complexity index is 1020. The molecule has 0 N–H and O–H groups in total. The summed E-state index contributed by atoms with van der Waals surface area (Å²) in [6, 6.07) is 10.2. The molecule has 1 heterocycles. The van der Waals surface area contributed by atoms with Crippen LogP contribution in [0.4, 0.5) is 5.69 Å². The Kier molecular flexibility index (Phi) is 5.55. The van der Waals surface area contributed by atoms with Crippen LogP contribution in [0.2, 0.25) is 5.02 Å². The monoisotopic (exact) mass is 403 g/mol. The molecule has 3 rings (SSSR count). The molecule has 0 saturated heterocycles. The molecule has 144 valence electrons. The maximum absolute atomic E-state index is 12.4. The summed E-state index contributed by atoms with van der Waals surface area (Å²) in [4.78, 5) is 22.6. The number of nitro groups is 1. The van der Waals surface area contributed by atoms with Crippen molar-refractivity contribution >= 4 is 23.3 Å². The molecule has 9 nitrogen and oxygen atoms in total. The normalized spacial score (nSPS) is 11.7. The van der Waals surface area contributed by atoms with E-state index >= 15 is 0 Å². The largest absolute Gasteiger partial charge is 0.496 e. The molecular formula is C18H14ClN3O6. The van der Waals surface area contributed by atoms with E-state index in [0.29, 0.717) is 16.3 Å². The van der Waals surface area contributed by atoms with Gasteiger partial charge in [-0.15, -0.1) is 10.2 Å². The minimum atomic E-state index is -0.838. The van der Waals surface area contributed by atoms with E-state index in [4.69, 9.17) is 25.5 Å². The lowest BCUT2D eigenvalue weighted by molar-refractivity contribution is -0.384. The van der Waals surface area contributed by atoms with E-state index in [9.17, 15) is 14.9 Å². The molecule has 3 aromatic rings. The van der Waals surface area contributed by atoms with Gasteiger partial charge in [0.2, 0.25) is 5.89 Å². The van der Waals surface area contributed by atoms with E-state index in [1.165, 1.54) is 37.4 Å². The molecule has 0 unspecified atom stereocenters. The molecule has 0 radical (unpaired) electrons. The quantitative estimate of drug-likeness (QED) is 0.341. The Morgan fingerprint density at radius 1 is 1.21 bits per heavy atom. The first-order chi connectivity index (χ1) is 13.4. The number of esters is 1. The molecule has 0 amide bonds. The first-order valence-corrected chi connectivity index (χ1v) is 8.39. The molecule has 0 aliphatic rings. The van der Waals surface area contributed by atoms with E-state index < -0.39 is 17.0 Å². The average Bonchev–Trinajstić information content (AvgIpc) is 3.18. The van der Waals surface area contributed by atoms with Gasteiger partial charge in [0, 0.05) is 22.7 Å². The van der Waals surface area contributed by atoms with Crippen molar-refractivity contribution in [2.45, 2.75) is 13.0 Å². The molecule has 1 atom stereocenters. The van der Waals surface area contributed by atoms with Crippen molar-refractivity contribution in [1.29, 1.82) is 0 Å². The minimum Gasteiger partial charge on any atom is -0.496 e. The van der Waals surface area contributed by atoms with Crippen molar-refractivity contribution in [3.63, 3.8) is 0 Å². The van der Waals surface area contributed by atoms with Gasteiger partial charge in [-0.1, -0.05) is 11.6 Å².